The average molecular weight is 357 g/mol. The molecular formula is C11H19N9O3S. The van der Waals surface area contributed by atoms with Crippen molar-refractivity contribution in [2.24, 2.45) is 43.3 Å². The highest BCUT2D eigenvalue weighted by molar-refractivity contribution is 7.85. The molecular weight excluding hydrogens is 338 g/mol. The van der Waals surface area contributed by atoms with Crippen molar-refractivity contribution in [2.45, 2.75) is 11.8 Å². The van der Waals surface area contributed by atoms with E-state index in [2.05, 4.69) is 20.4 Å². The standard InChI is InChI=1S/C6H7NO3S.C5H12N8/c7-5-1-3-6(4-2-5)11(8,9)10;1-3(11-13-5(8)9)2-10-12-4(6)7/h1-4H,7H2,(H,8,9,10);2H,1H3,(H4,6,7,12)(H4,8,9,13)/b;10-2+,11-3+. The van der Waals surface area contributed by atoms with E-state index in [1.807, 2.05) is 0 Å². The van der Waals surface area contributed by atoms with Crippen molar-refractivity contribution in [3.63, 3.8) is 0 Å². The highest BCUT2D eigenvalue weighted by Crippen LogP contribution is 2.10. The van der Waals surface area contributed by atoms with Crippen molar-refractivity contribution in [2.75, 3.05) is 5.73 Å². The van der Waals surface area contributed by atoms with E-state index >= 15 is 0 Å². The molecule has 0 bridgehead atoms. The lowest BCUT2D eigenvalue weighted by Gasteiger charge is -1.95. The molecule has 132 valence electrons. The van der Waals surface area contributed by atoms with Crippen LogP contribution >= 0.6 is 0 Å². The minimum atomic E-state index is -4.08. The van der Waals surface area contributed by atoms with Crippen LogP contribution in [0.1, 0.15) is 6.92 Å². The third kappa shape index (κ3) is 10.5. The van der Waals surface area contributed by atoms with Crippen LogP contribution in [0, 0.1) is 0 Å². The maximum absolute atomic E-state index is 10.5. The molecule has 0 radical (unpaired) electrons. The monoisotopic (exact) mass is 357 g/mol. The topological polar surface area (TPSA) is 234 Å². The molecule has 0 fully saturated rings. The molecule has 0 aromatic heterocycles. The first-order valence-corrected chi connectivity index (χ1v) is 7.54. The molecule has 0 atom stereocenters. The van der Waals surface area contributed by atoms with Crippen LogP contribution in [0.3, 0.4) is 0 Å². The highest BCUT2D eigenvalue weighted by atomic mass is 32.2. The van der Waals surface area contributed by atoms with Gasteiger partial charge in [-0.25, -0.2) is 0 Å². The highest BCUT2D eigenvalue weighted by Gasteiger charge is 2.06. The largest absolute Gasteiger partial charge is 0.399 e. The maximum Gasteiger partial charge on any atom is 0.294 e. The quantitative estimate of drug-likeness (QED) is 0.120. The van der Waals surface area contributed by atoms with E-state index in [0.29, 0.717) is 11.4 Å². The minimum absolute atomic E-state index is 0.130. The maximum atomic E-state index is 10.5. The molecule has 12 nitrogen and oxygen atoms in total. The molecule has 0 unspecified atom stereocenters. The molecule has 0 saturated carbocycles. The van der Waals surface area contributed by atoms with Crippen molar-refractivity contribution in [3.05, 3.63) is 24.3 Å². The number of nitrogens with two attached hydrogens (primary N) is 5. The zero-order valence-corrected chi connectivity index (χ0v) is 13.6. The van der Waals surface area contributed by atoms with Gasteiger partial charge in [0.15, 0.2) is 0 Å². The average Bonchev–Trinajstić information content (AvgIpc) is 2.45. The smallest absolute Gasteiger partial charge is 0.294 e. The van der Waals surface area contributed by atoms with Crippen LogP contribution in [-0.4, -0.2) is 36.8 Å². The Balaban J connectivity index is 0.000000446. The lowest BCUT2D eigenvalue weighted by Crippen LogP contribution is -2.22. The Bertz CT molecular complexity index is 743. The van der Waals surface area contributed by atoms with E-state index < -0.39 is 10.1 Å². The summed E-state index contributed by atoms with van der Waals surface area (Å²) in [5.74, 6) is -0.263. The normalized spacial score (nSPS) is 11.3. The first-order valence-electron chi connectivity index (χ1n) is 6.10. The van der Waals surface area contributed by atoms with Crippen LogP contribution in [0.4, 0.5) is 5.69 Å². The summed E-state index contributed by atoms with van der Waals surface area (Å²) in [5, 5.41) is 13.8. The summed E-state index contributed by atoms with van der Waals surface area (Å²) in [7, 11) is -4.08. The number of nitrogen functional groups attached to an aromatic ring is 1. The van der Waals surface area contributed by atoms with Crippen LogP contribution in [-0.2, 0) is 10.1 Å². The third-order valence-electron chi connectivity index (χ3n) is 1.92. The third-order valence-corrected chi connectivity index (χ3v) is 2.79. The first-order chi connectivity index (χ1) is 11.0. The zero-order valence-electron chi connectivity index (χ0n) is 12.7. The molecule has 0 saturated heterocycles. The zero-order chi connectivity index (χ0) is 18.8. The summed E-state index contributed by atoms with van der Waals surface area (Å²) in [6.45, 7) is 1.64. The summed E-state index contributed by atoms with van der Waals surface area (Å²) < 4.78 is 29.4. The molecule has 1 aromatic carbocycles. The van der Waals surface area contributed by atoms with Gasteiger partial charge < -0.3 is 28.7 Å². The predicted molar refractivity (Wildman–Crippen MR) is 93.9 cm³/mol. The Morgan fingerprint density at radius 2 is 1.50 bits per heavy atom. The SMILES string of the molecule is CC(/C=N/N=C(N)N)=N\N=C(N)N.Nc1ccc(S(=O)(=O)O)cc1. The van der Waals surface area contributed by atoms with Crippen LogP contribution in [0.2, 0.25) is 0 Å². The second kappa shape index (κ2) is 9.75. The van der Waals surface area contributed by atoms with E-state index in [-0.39, 0.29) is 16.8 Å². The van der Waals surface area contributed by atoms with Crippen molar-refractivity contribution in [1.29, 1.82) is 0 Å². The van der Waals surface area contributed by atoms with Crippen LogP contribution in [0.5, 0.6) is 0 Å². The van der Waals surface area contributed by atoms with Gasteiger partial charge in [-0.1, -0.05) is 0 Å². The number of guanidine groups is 2. The van der Waals surface area contributed by atoms with Crippen molar-refractivity contribution < 1.29 is 13.0 Å². The molecule has 11 N–H and O–H groups in total. The van der Waals surface area contributed by atoms with Gasteiger partial charge >= 0.3 is 0 Å². The number of hydrogen-bond acceptors (Lipinski definition) is 7. The molecule has 0 aliphatic rings. The van der Waals surface area contributed by atoms with Gasteiger partial charge in [-0.15, -0.1) is 10.2 Å². The molecule has 0 aliphatic heterocycles. The summed E-state index contributed by atoms with van der Waals surface area (Å²) in [6, 6.07) is 5.29. The lowest BCUT2D eigenvalue weighted by atomic mass is 10.3. The van der Waals surface area contributed by atoms with Gasteiger partial charge in [0.05, 0.1) is 16.8 Å². The van der Waals surface area contributed by atoms with Gasteiger partial charge in [-0.2, -0.15) is 18.6 Å². The number of anilines is 1. The number of benzene rings is 1. The minimum Gasteiger partial charge on any atom is -0.399 e. The number of hydrogen-bond donors (Lipinski definition) is 6. The molecule has 1 aromatic rings. The number of nitrogens with zero attached hydrogens (tertiary/aromatic N) is 4. The van der Waals surface area contributed by atoms with Crippen molar-refractivity contribution >= 4 is 39.7 Å². The Kier molecular flexibility index (Phi) is 8.46. The van der Waals surface area contributed by atoms with Crippen LogP contribution in [0.15, 0.2) is 49.6 Å². The summed E-state index contributed by atoms with van der Waals surface area (Å²) in [6.07, 6.45) is 1.31. The fraction of sp³-hybridized carbons (Fsp3) is 0.0909. The van der Waals surface area contributed by atoms with Gasteiger partial charge in [-0.05, 0) is 31.2 Å². The van der Waals surface area contributed by atoms with E-state index in [1.165, 1.54) is 30.5 Å². The predicted octanol–water partition coefficient (Wildman–Crippen LogP) is -1.59. The van der Waals surface area contributed by atoms with E-state index in [4.69, 9.17) is 33.2 Å². The molecule has 0 amide bonds. The molecule has 13 heteroatoms. The second-order valence-corrected chi connectivity index (χ2v) is 5.50. The van der Waals surface area contributed by atoms with E-state index in [1.54, 1.807) is 6.92 Å². The van der Waals surface area contributed by atoms with Gasteiger partial charge in [0, 0.05) is 5.69 Å². The Labute approximate surface area is 138 Å². The Morgan fingerprint density at radius 1 is 1.00 bits per heavy atom. The first kappa shape index (κ1) is 20.8. The van der Waals surface area contributed by atoms with Crippen molar-refractivity contribution in [1.82, 2.24) is 0 Å². The molecule has 0 heterocycles. The summed E-state index contributed by atoms with van der Waals surface area (Å²) >= 11 is 0. The molecule has 0 spiro atoms. The lowest BCUT2D eigenvalue weighted by molar-refractivity contribution is 0.483. The summed E-state index contributed by atoms with van der Waals surface area (Å²) in [4.78, 5) is -0.147. The van der Waals surface area contributed by atoms with E-state index in [9.17, 15) is 8.42 Å². The van der Waals surface area contributed by atoms with Crippen molar-refractivity contribution in [3.8, 4) is 0 Å². The molecule has 1 rings (SSSR count). The molecule has 0 aliphatic carbocycles. The van der Waals surface area contributed by atoms with Gasteiger partial charge in [-0.3, -0.25) is 4.55 Å². The van der Waals surface area contributed by atoms with Gasteiger partial charge in [0.2, 0.25) is 11.9 Å². The fourth-order valence-electron chi connectivity index (χ4n) is 0.981. The van der Waals surface area contributed by atoms with E-state index in [0.717, 1.165) is 0 Å². The van der Waals surface area contributed by atoms with Crippen LogP contribution < -0.4 is 28.7 Å². The van der Waals surface area contributed by atoms with Gasteiger partial charge in [0.1, 0.15) is 0 Å². The Hall–Kier alpha value is -3.19. The second-order valence-electron chi connectivity index (χ2n) is 4.08. The molecule has 24 heavy (non-hydrogen) atoms. The number of rotatable bonds is 4. The van der Waals surface area contributed by atoms with Crippen LogP contribution in [0.25, 0.3) is 0 Å². The Morgan fingerprint density at radius 3 is 1.92 bits per heavy atom. The van der Waals surface area contributed by atoms with Gasteiger partial charge in [0.25, 0.3) is 10.1 Å². The fourth-order valence-corrected chi connectivity index (χ4v) is 1.46. The summed E-state index contributed by atoms with van der Waals surface area (Å²) in [5.41, 5.74) is 26.3.